The zero-order valence-corrected chi connectivity index (χ0v) is 17.2. The molecule has 148 valence electrons. The van der Waals surface area contributed by atoms with Crippen molar-refractivity contribution in [2.45, 2.75) is 53.2 Å². The third kappa shape index (κ3) is 6.67. The number of aromatic amines is 1. The minimum Gasteiger partial charge on any atom is -0.357 e. The summed E-state index contributed by atoms with van der Waals surface area (Å²) in [7, 11) is 0. The van der Waals surface area contributed by atoms with Crippen LogP contribution in [0.15, 0.2) is 35.6 Å². The van der Waals surface area contributed by atoms with E-state index in [0.717, 1.165) is 42.5 Å². The van der Waals surface area contributed by atoms with Gasteiger partial charge in [-0.1, -0.05) is 18.2 Å². The molecule has 7 nitrogen and oxygen atoms in total. The molecule has 2 rings (SSSR count). The SMILES string of the molecule is CCNC(=NCc1cccc(-c2ncn[nH]2)c1)NCCN(C(C)C)C(C)C. The van der Waals surface area contributed by atoms with Gasteiger partial charge in [0.15, 0.2) is 11.8 Å². The number of hydrogen-bond donors (Lipinski definition) is 3. The van der Waals surface area contributed by atoms with Crippen molar-refractivity contribution in [3.63, 3.8) is 0 Å². The predicted molar refractivity (Wildman–Crippen MR) is 112 cm³/mol. The van der Waals surface area contributed by atoms with Crippen LogP contribution in [0.5, 0.6) is 0 Å². The highest BCUT2D eigenvalue weighted by atomic mass is 15.2. The quantitative estimate of drug-likeness (QED) is 0.466. The normalized spacial score (nSPS) is 12.2. The standard InChI is InChI=1S/C20H33N7/c1-6-21-20(22-10-11-27(15(2)3)16(4)5)23-13-17-8-7-9-18(12-17)19-24-14-25-26-19/h7-9,12,14-16H,6,10-11,13H2,1-5H3,(H2,21,22,23)(H,24,25,26). The summed E-state index contributed by atoms with van der Waals surface area (Å²) >= 11 is 0. The molecular weight excluding hydrogens is 338 g/mol. The second-order valence-electron chi connectivity index (χ2n) is 7.08. The van der Waals surface area contributed by atoms with Gasteiger partial charge in [0.05, 0.1) is 6.54 Å². The minimum atomic E-state index is 0.533. The van der Waals surface area contributed by atoms with Crippen LogP contribution < -0.4 is 10.6 Å². The molecule has 1 aromatic carbocycles. The van der Waals surface area contributed by atoms with Crippen LogP contribution in [-0.4, -0.2) is 57.8 Å². The zero-order chi connectivity index (χ0) is 19.6. The van der Waals surface area contributed by atoms with Crippen molar-refractivity contribution in [2.24, 2.45) is 4.99 Å². The molecule has 3 N–H and O–H groups in total. The predicted octanol–water partition coefficient (Wildman–Crippen LogP) is 2.65. The van der Waals surface area contributed by atoms with Crippen LogP contribution in [0.4, 0.5) is 0 Å². The Bertz CT molecular complexity index is 684. The molecule has 0 amide bonds. The highest BCUT2D eigenvalue weighted by Gasteiger charge is 2.12. The first kappa shape index (κ1) is 20.9. The maximum absolute atomic E-state index is 4.72. The van der Waals surface area contributed by atoms with Crippen molar-refractivity contribution in [2.75, 3.05) is 19.6 Å². The summed E-state index contributed by atoms with van der Waals surface area (Å²) < 4.78 is 0. The van der Waals surface area contributed by atoms with Gasteiger partial charge in [-0.05, 0) is 46.2 Å². The van der Waals surface area contributed by atoms with Crippen LogP contribution >= 0.6 is 0 Å². The molecule has 2 aromatic rings. The lowest BCUT2D eigenvalue weighted by Crippen LogP contribution is -2.45. The monoisotopic (exact) mass is 371 g/mol. The summed E-state index contributed by atoms with van der Waals surface area (Å²) in [5.74, 6) is 1.61. The number of H-pyrrole nitrogens is 1. The van der Waals surface area contributed by atoms with E-state index in [0.29, 0.717) is 18.6 Å². The van der Waals surface area contributed by atoms with Gasteiger partial charge in [-0.15, -0.1) is 0 Å². The molecule has 27 heavy (non-hydrogen) atoms. The van der Waals surface area contributed by atoms with Gasteiger partial charge in [0, 0.05) is 37.3 Å². The third-order valence-corrected chi connectivity index (χ3v) is 4.37. The van der Waals surface area contributed by atoms with Gasteiger partial charge in [0.2, 0.25) is 0 Å². The van der Waals surface area contributed by atoms with E-state index < -0.39 is 0 Å². The average Bonchev–Trinajstić information content (AvgIpc) is 3.17. The number of aliphatic imine (C=N–C) groups is 1. The number of nitrogens with zero attached hydrogens (tertiary/aromatic N) is 4. The number of benzene rings is 1. The van der Waals surface area contributed by atoms with Crippen molar-refractivity contribution in [3.05, 3.63) is 36.2 Å². The highest BCUT2D eigenvalue weighted by molar-refractivity contribution is 5.79. The Balaban J connectivity index is 1.96. The van der Waals surface area contributed by atoms with Gasteiger partial charge in [0.1, 0.15) is 6.33 Å². The van der Waals surface area contributed by atoms with E-state index in [9.17, 15) is 0 Å². The fraction of sp³-hybridized carbons (Fsp3) is 0.550. The molecule has 0 fully saturated rings. The third-order valence-electron chi connectivity index (χ3n) is 4.37. The van der Waals surface area contributed by atoms with Crippen molar-refractivity contribution in [1.29, 1.82) is 0 Å². The Morgan fingerprint density at radius 2 is 1.96 bits per heavy atom. The van der Waals surface area contributed by atoms with Gasteiger partial charge in [-0.2, -0.15) is 5.10 Å². The summed E-state index contributed by atoms with van der Waals surface area (Å²) in [5.41, 5.74) is 2.15. The van der Waals surface area contributed by atoms with Crippen molar-refractivity contribution < 1.29 is 0 Å². The van der Waals surface area contributed by atoms with Crippen molar-refractivity contribution in [3.8, 4) is 11.4 Å². The largest absolute Gasteiger partial charge is 0.357 e. The Morgan fingerprint density at radius 3 is 2.59 bits per heavy atom. The minimum absolute atomic E-state index is 0.533. The molecule has 0 aliphatic rings. The van der Waals surface area contributed by atoms with E-state index in [4.69, 9.17) is 4.99 Å². The number of guanidine groups is 1. The zero-order valence-electron chi connectivity index (χ0n) is 17.2. The van der Waals surface area contributed by atoms with Crippen LogP contribution in [0.2, 0.25) is 0 Å². The summed E-state index contributed by atoms with van der Waals surface area (Å²) in [5, 5.41) is 13.6. The second kappa shape index (κ2) is 10.7. The van der Waals surface area contributed by atoms with E-state index >= 15 is 0 Å². The van der Waals surface area contributed by atoms with Gasteiger partial charge in [-0.3, -0.25) is 10.00 Å². The molecule has 0 saturated heterocycles. The molecular formula is C20H33N7. The number of aromatic nitrogens is 3. The molecule has 0 atom stereocenters. The van der Waals surface area contributed by atoms with E-state index in [1.54, 1.807) is 0 Å². The Kier molecular flexibility index (Phi) is 8.26. The number of hydrogen-bond acceptors (Lipinski definition) is 4. The highest BCUT2D eigenvalue weighted by Crippen LogP contribution is 2.15. The molecule has 0 bridgehead atoms. The maximum atomic E-state index is 4.72. The number of nitrogens with one attached hydrogen (secondary N) is 3. The molecule has 0 aliphatic carbocycles. The fourth-order valence-electron chi connectivity index (χ4n) is 3.09. The number of rotatable bonds is 9. The van der Waals surface area contributed by atoms with E-state index in [1.807, 2.05) is 12.1 Å². The molecule has 0 saturated carbocycles. The molecule has 0 aliphatic heterocycles. The average molecular weight is 372 g/mol. The molecule has 7 heteroatoms. The van der Waals surface area contributed by atoms with E-state index in [-0.39, 0.29) is 0 Å². The first-order chi connectivity index (χ1) is 13.0. The molecule has 1 aromatic heterocycles. The first-order valence-corrected chi connectivity index (χ1v) is 9.73. The van der Waals surface area contributed by atoms with E-state index in [2.05, 4.69) is 77.5 Å². The van der Waals surface area contributed by atoms with Gasteiger partial charge in [0.25, 0.3) is 0 Å². The van der Waals surface area contributed by atoms with Gasteiger partial charge >= 0.3 is 0 Å². The molecule has 0 unspecified atom stereocenters. The maximum Gasteiger partial charge on any atom is 0.191 e. The smallest absolute Gasteiger partial charge is 0.191 e. The topological polar surface area (TPSA) is 81.2 Å². The Morgan fingerprint density at radius 1 is 1.19 bits per heavy atom. The Labute approximate surface area is 162 Å². The lowest BCUT2D eigenvalue weighted by molar-refractivity contribution is 0.178. The van der Waals surface area contributed by atoms with Crippen molar-refractivity contribution >= 4 is 5.96 Å². The molecule has 0 spiro atoms. The fourth-order valence-corrected chi connectivity index (χ4v) is 3.09. The summed E-state index contributed by atoms with van der Waals surface area (Å²) in [6.45, 7) is 14.3. The van der Waals surface area contributed by atoms with Crippen LogP contribution in [0.3, 0.4) is 0 Å². The summed E-state index contributed by atoms with van der Waals surface area (Å²) in [6, 6.07) is 9.27. The first-order valence-electron chi connectivity index (χ1n) is 9.73. The molecule has 0 radical (unpaired) electrons. The lowest BCUT2D eigenvalue weighted by atomic mass is 10.1. The van der Waals surface area contributed by atoms with Crippen LogP contribution in [-0.2, 0) is 6.54 Å². The van der Waals surface area contributed by atoms with E-state index in [1.165, 1.54) is 6.33 Å². The molecule has 1 heterocycles. The summed E-state index contributed by atoms with van der Waals surface area (Å²) in [6.07, 6.45) is 1.52. The second-order valence-corrected chi connectivity index (χ2v) is 7.08. The Hall–Kier alpha value is -2.41. The lowest BCUT2D eigenvalue weighted by Gasteiger charge is -2.30. The van der Waals surface area contributed by atoms with Gasteiger partial charge in [-0.25, -0.2) is 9.98 Å². The van der Waals surface area contributed by atoms with Gasteiger partial charge < -0.3 is 10.6 Å². The van der Waals surface area contributed by atoms with Crippen LogP contribution in [0.25, 0.3) is 11.4 Å². The van der Waals surface area contributed by atoms with Crippen molar-refractivity contribution in [1.82, 2.24) is 30.7 Å². The summed E-state index contributed by atoms with van der Waals surface area (Å²) in [4.78, 5) is 11.4. The van der Waals surface area contributed by atoms with Crippen LogP contribution in [0.1, 0.15) is 40.2 Å². The van der Waals surface area contributed by atoms with Crippen LogP contribution in [0, 0.1) is 0 Å².